The molecule has 1 unspecified atom stereocenters. The zero-order valence-corrected chi connectivity index (χ0v) is 20.5. The van der Waals surface area contributed by atoms with Gasteiger partial charge in [-0.25, -0.2) is 0 Å². The number of allylic oxidation sites excluding steroid dienone is 1. The standard InChI is InChI=1S/C28H42N2O2/c1-18-16-30-20(17-29-18)9-14-28(4,32)25-8-7-23-22-6-5-19-15-21(31)10-12-26(19,2)24(22)11-13-27(23,25)3/h5,16-17,21-25,31-32H,6-15H2,1-4H3/t21-,22-,23-,24-,25-,26-,27-,28?/m0/s1. The van der Waals surface area contributed by atoms with E-state index in [4.69, 9.17) is 0 Å². The Morgan fingerprint density at radius 2 is 1.88 bits per heavy atom. The molecule has 0 spiro atoms. The zero-order valence-electron chi connectivity index (χ0n) is 20.5. The van der Waals surface area contributed by atoms with Gasteiger partial charge in [0.2, 0.25) is 0 Å². The molecule has 3 fully saturated rings. The Morgan fingerprint density at radius 1 is 1.06 bits per heavy atom. The average molecular weight is 439 g/mol. The zero-order chi connectivity index (χ0) is 22.7. The number of aryl methyl sites for hydroxylation is 2. The summed E-state index contributed by atoms with van der Waals surface area (Å²) in [6.45, 7) is 9.04. The van der Waals surface area contributed by atoms with Crippen molar-refractivity contribution in [1.82, 2.24) is 9.97 Å². The van der Waals surface area contributed by atoms with Crippen LogP contribution in [0.3, 0.4) is 0 Å². The fourth-order valence-electron chi connectivity index (χ4n) is 8.77. The maximum Gasteiger partial charge on any atom is 0.0656 e. The van der Waals surface area contributed by atoms with Crippen molar-refractivity contribution in [2.24, 2.45) is 34.5 Å². The van der Waals surface area contributed by atoms with Crippen molar-refractivity contribution in [1.29, 1.82) is 0 Å². The van der Waals surface area contributed by atoms with Crippen molar-refractivity contribution >= 4 is 0 Å². The lowest BCUT2D eigenvalue weighted by Crippen LogP contribution is -2.53. The smallest absolute Gasteiger partial charge is 0.0656 e. The molecule has 32 heavy (non-hydrogen) atoms. The van der Waals surface area contributed by atoms with E-state index in [1.165, 1.54) is 25.7 Å². The number of aromatic nitrogens is 2. The first-order valence-electron chi connectivity index (χ1n) is 13.0. The quantitative estimate of drug-likeness (QED) is 0.617. The molecule has 4 heteroatoms. The van der Waals surface area contributed by atoms with E-state index in [2.05, 4.69) is 36.8 Å². The second kappa shape index (κ2) is 7.91. The molecule has 1 heterocycles. The van der Waals surface area contributed by atoms with Crippen molar-refractivity contribution in [2.45, 2.75) is 104 Å². The van der Waals surface area contributed by atoms with Gasteiger partial charge in [-0.3, -0.25) is 9.97 Å². The van der Waals surface area contributed by atoms with E-state index in [1.54, 1.807) is 5.57 Å². The Balaban J connectivity index is 1.34. The molecule has 4 aliphatic carbocycles. The van der Waals surface area contributed by atoms with Gasteiger partial charge in [-0.05, 0) is 113 Å². The van der Waals surface area contributed by atoms with Crippen LogP contribution in [-0.4, -0.2) is 31.9 Å². The van der Waals surface area contributed by atoms with Gasteiger partial charge in [-0.2, -0.15) is 0 Å². The summed E-state index contributed by atoms with van der Waals surface area (Å²) < 4.78 is 0. The third kappa shape index (κ3) is 3.57. The minimum Gasteiger partial charge on any atom is -0.393 e. The molecule has 1 aromatic heterocycles. The fourth-order valence-corrected chi connectivity index (χ4v) is 8.77. The molecule has 0 aliphatic heterocycles. The number of aliphatic hydroxyl groups excluding tert-OH is 1. The summed E-state index contributed by atoms with van der Waals surface area (Å²) in [6, 6.07) is 0. The van der Waals surface area contributed by atoms with Crippen LogP contribution in [-0.2, 0) is 6.42 Å². The Labute approximate surface area is 194 Å². The summed E-state index contributed by atoms with van der Waals surface area (Å²) in [6.07, 6.45) is 16.7. The first kappa shape index (κ1) is 22.5. The molecular weight excluding hydrogens is 396 g/mol. The summed E-state index contributed by atoms with van der Waals surface area (Å²) in [7, 11) is 0. The number of rotatable bonds is 4. The summed E-state index contributed by atoms with van der Waals surface area (Å²) in [5.41, 5.74) is 3.30. The van der Waals surface area contributed by atoms with Crippen LogP contribution in [0.1, 0.15) is 89.9 Å². The van der Waals surface area contributed by atoms with Gasteiger partial charge < -0.3 is 10.2 Å². The predicted octanol–water partition coefficient (Wildman–Crippen LogP) is 5.41. The summed E-state index contributed by atoms with van der Waals surface area (Å²) in [5.74, 6) is 2.55. The van der Waals surface area contributed by atoms with E-state index in [9.17, 15) is 10.2 Å². The van der Waals surface area contributed by atoms with Gasteiger partial charge in [0, 0.05) is 12.4 Å². The van der Waals surface area contributed by atoms with Crippen LogP contribution in [0.25, 0.3) is 0 Å². The van der Waals surface area contributed by atoms with Crippen molar-refractivity contribution < 1.29 is 10.2 Å². The summed E-state index contributed by atoms with van der Waals surface area (Å²) in [4.78, 5) is 8.89. The highest BCUT2D eigenvalue weighted by Gasteiger charge is 2.61. The van der Waals surface area contributed by atoms with Gasteiger partial charge in [0.25, 0.3) is 0 Å². The third-order valence-corrected chi connectivity index (χ3v) is 10.6. The second-order valence-electron chi connectivity index (χ2n) is 12.3. The Morgan fingerprint density at radius 3 is 2.62 bits per heavy atom. The van der Waals surface area contributed by atoms with E-state index in [-0.39, 0.29) is 16.9 Å². The minimum absolute atomic E-state index is 0.135. The van der Waals surface area contributed by atoms with Gasteiger partial charge in [-0.15, -0.1) is 0 Å². The van der Waals surface area contributed by atoms with Gasteiger partial charge >= 0.3 is 0 Å². The largest absolute Gasteiger partial charge is 0.393 e. The van der Waals surface area contributed by atoms with Gasteiger partial charge in [0.05, 0.1) is 23.1 Å². The van der Waals surface area contributed by atoms with Crippen LogP contribution >= 0.6 is 0 Å². The SMILES string of the molecule is Cc1cnc(CCC(C)(O)[C@H]2CC[C@H]3[C@@H]4CC=C5C[C@@H](O)CC[C@]5(C)[C@H]4CC[C@]23C)cn1. The maximum atomic E-state index is 11.7. The molecule has 5 rings (SSSR count). The molecule has 0 amide bonds. The number of hydrogen-bond donors (Lipinski definition) is 2. The molecule has 8 atom stereocenters. The van der Waals surface area contributed by atoms with Crippen molar-refractivity contribution in [3.05, 3.63) is 35.4 Å². The van der Waals surface area contributed by atoms with Crippen LogP contribution in [0.2, 0.25) is 0 Å². The van der Waals surface area contributed by atoms with Gasteiger partial charge in [0.15, 0.2) is 0 Å². The molecule has 4 aliphatic rings. The van der Waals surface area contributed by atoms with Crippen molar-refractivity contribution in [2.75, 3.05) is 0 Å². The van der Waals surface area contributed by atoms with Crippen molar-refractivity contribution in [3.63, 3.8) is 0 Å². The normalized spacial score (nSPS) is 42.9. The summed E-state index contributed by atoms with van der Waals surface area (Å²) in [5, 5.41) is 22.0. The monoisotopic (exact) mass is 438 g/mol. The van der Waals surface area contributed by atoms with E-state index in [0.717, 1.165) is 61.7 Å². The third-order valence-electron chi connectivity index (χ3n) is 10.6. The molecule has 2 N–H and O–H groups in total. The van der Waals surface area contributed by atoms with E-state index in [1.807, 2.05) is 19.3 Å². The highest BCUT2D eigenvalue weighted by molar-refractivity contribution is 5.25. The van der Waals surface area contributed by atoms with Crippen molar-refractivity contribution in [3.8, 4) is 0 Å². The molecule has 0 bridgehead atoms. The first-order chi connectivity index (χ1) is 15.1. The van der Waals surface area contributed by atoms with Crippen LogP contribution in [0.5, 0.6) is 0 Å². The Bertz CT molecular complexity index is 878. The summed E-state index contributed by atoms with van der Waals surface area (Å²) >= 11 is 0. The maximum absolute atomic E-state index is 11.7. The minimum atomic E-state index is -0.669. The van der Waals surface area contributed by atoms with Crippen LogP contribution in [0, 0.1) is 41.4 Å². The second-order valence-corrected chi connectivity index (χ2v) is 12.3. The average Bonchev–Trinajstić information content (AvgIpc) is 3.12. The lowest BCUT2D eigenvalue weighted by atomic mass is 9.46. The number of nitrogens with zero attached hydrogens (tertiary/aromatic N) is 2. The lowest BCUT2D eigenvalue weighted by Gasteiger charge is -2.59. The predicted molar refractivity (Wildman–Crippen MR) is 127 cm³/mol. The van der Waals surface area contributed by atoms with E-state index < -0.39 is 5.60 Å². The molecular formula is C28H42N2O2. The Hall–Kier alpha value is -1.26. The highest BCUT2D eigenvalue weighted by atomic mass is 16.3. The molecule has 4 nitrogen and oxygen atoms in total. The fraction of sp³-hybridized carbons (Fsp3) is 0.786. The molecule has 176 valence electrons. The number of hydrogen-bond acceptors (Lipinski definition) is 4. The Kier molecular flexibility index (Phi) is 5.57. The molecule has 0 saturated heterocycles. The molecule has 0 radical (unpaired) electrons. The lowest BCUT2D eigenvalue weighted by molar-refractivity contribution is -0.104. The van der Waals surface area contributed by atoms with Gasteiger partial charge in [0.1, 0.15) is 0 Å². The number of fused-ring (bicyclic) bond motifs is 5. The molecule has 3 saturated carbocycles. The van der Waals surface area contributed by atoms with Crippen LogP contribution < -0.4 is 0 Å². The number of aliphatic hydroxyl groups is 2. The highest BCUT2D eigenvalue weighted by Crippen LogP contribution is 2.67. The topological polar surface area (TPSA) is 66.2 Å². The van der Waals surface area contributed by atoms with Crippen LogP contribution in [0.4, 0.5) is 0 Å². The molecule has 0 aromatic carbocycles. The van der Waals surface area contributed by atoms with E-state index in [0.29, 0.717) is 11.8 Å². The van der Waals surface area contributed by atoms with Crippen LogP contribution in [0.15, 0.2) is 24.0 Å². The van der Waals surface area contributed by atoms with E-state index >= 15 is 0 Å². The van der Waals surface area contributed by atoms with Gasteiger partial charge in [-0.1, -0.05) is 25.5 Å². The first-order valence-corrected chi connectivity index (χ1v) is 13.0. The molecule has 1 aromatic rings.